The molecular weight excluding hydrogens is 470 g/mol. The molecule has 0 amide bonds. The van der Waals surface area contributed by atoms with Crippen molar-refractivity contribution in [1.82, 2.24) is 5.32 Å². The normalized spacial score (nSPS) is 16.7. The van der Waals surface area contributed by atoms with Crippen LogP contribution in [0.25, 0.3) is 0 Å². The van der Waals surface area contributed by atoms with E-state index in [4.69, 9.17) is 0 Å². The molecule has 0 unspecified atom stereocenters. The molecule has 5 rings (SSSR count). The molecule has 10 radical (unpaired) electrons. The maximum Gasteiger partial charge on any atom is 2.00 e. The number of benzene rings is 3. The predicted molar refractivity (Wildman–Crippen MR) is 140 cm³/mol. The van der Waals surface area contributed by atoms with Gasteiger partial charge in [-0.3, -0.25) is 0 Å². The minimum absolute atomic E-state index is 0. The van der Waals surface area contributed by atoms with E-state index in [-0.39, 0.29) is 23.1 Å². The van der Waals surface area contributed by atoms with Crippen LogP contribution in [-0.2, 0) is 29.1 Å². The molecule has 3 aromatic rings. The summed E-state index contributed by atoms with van der Waals surface area (Å²) in [7, 11) is 0. The van der Waals surface area contributed by atoms with Crippen LogP contribution in [0.2, 0.25) is 0 Å². The third-order valence-corrected chi connectivity index (χ3v) is 6.05. The van der Waals surface area contributed by atoms with Crippen LogP contribution in [0.5, 0.6) is 0 Å². The van der Waals surface area contributed by atoms with E-state index in [9.17, 15) is 5.11 Å². The second-order valence-electron chi connectivity index (χ2n) is 8.38. The maximum atomic E-state index is 12.2. The van der Waals surface area contributed by atoms with E-state index in [1.54, 1.807) is 0 Å². The number of rotatable bonds is 8. The van der Waals surface area contributed by atoms with E-state index in [0.29, 0.717) is 13.0 Å². The topological polar surface area (TPSA) is 32.3 Å². The molecule has 2 saturated carbocycles. The van der Waals surface area contributed by atoms with Gasteiger partial charge in [0.2, 0.25) is 0 Å². The largest absolute Gasteiger partial charge is 2.00 e. The summed E-state index contributed by atoms with van der Waals surface area (Å²) in [4.78, 5) is 0. The summed E-state index contributed by atoms with van der Waals surface area (Å²) in [6.45, 7) is 0.701. The smallest absolute Gasteiger partial charge is 0.379 e. The average Bonchev–Trinajstić information content (AvgIpc) is 3.65. The number of hydrogen-bond acceptors (Lipinski definition) is 2. The molecule has 1 atom stereocenters. The van der Waals surface area contributed by atoms with Crippen molar-refractivity contribution in [3.05, 3.63) is 171 Å². The van der Waals surface area contributed by atoms with Gasteiger partial charge in [-0.05, 0) is 86.8 Å². The van der Waals surface area contributed by atoms with Gasteiger partial charge in [-0.1, -0.05) is 91.0 Å². The Morgan fingerprint density at radius 2 is 1.03 bits per heavy atom. The standard InChI is InChI=1S/C27H26NO.C5H5.Fe/c29-27(24-16-6-2-7-17-24,25-18-8-3-9-19-25)26(20-22-12-4-1-5-13-22)28-21-23-14-10-11-15-23;1-2-4-5-3-1;/h1-19,26,28-29H,20-21H2;1-5H;/q;;+2/t26-;;/m0../s1. The summed E-state index contributed by atoms with van der Waals surface area (Å²) in [5.74, 6) is 1.21. The van der Waals surface area contributed by atoms with Crippen molar-refractivity contribution >= 4 is 0 Å². The van der Waals surface area contributed by atoms with Crippen molar-refractivity contribution < 1.29 is 22.2 Å². The van der Waals surface area contributed by atoms with Crippen LogP contribution in [0.3, 0.4) is 0 Å². The Labute approximate surface area is 223 Å². The Hall–Kier alpha value is -1.90. The Kier molecular flexibility index (Phi) is 11.6. The molecule has 176 valence electrons. The quantitative estimate of drug-likeness (QED) is 0.397. The van der Waals surface area contributed by atoms with Crippen LogP contribution in [-0.4, -0.2) is 17.7 Å². The van der Waals surface area contributed by atoms with Crippen LogP contribution in [0, 0.1) is 63.7 Å². The van der Waals surface area contributed by atoms with Crippen LogP contribution >= 0.6 is 0 Å². The van der Waals surface area contributed by atoms with Gasteiger partial charge >= 0.3 is 17.1 Å². The Balaban J connectivity index is 0.000000509. The zero-order valence-corrected chi connectivity index (χ0v) is 20.8. The molecule has 0 bridgehead atoms. The molecule has 3 aromatic carbocycles. The summed E-state index contributed by atoms with van der Waals surface area (Å²) < 4.78 is 0. The first kappa shape index (κ1) is 27.7. The summed E-state index contributed by atoms with van der Waals surface area (Å²) in [6, 6.07) is 30.1. The molecule has 2 aliphatic rings. The number of hydrogen-bond donors (Lipinski definition) is 2. The summed E-state index contributed by atoms with van der Waals surface area (Å²) in [5.41, 5.74) is 1.81. The first-order valence-corrected chi connectivity index (χ1v) is 11.7. The van der Waals surface area contributed by atoms with Gasteiger partial charge in [-0.25, -0.2) is 0 Å². The maximum absolute atomic E-state index is 12.2. The molecule has 2 fully saturated rings. The van der Waals surface area contributed by atoms with Crippen molar-refractivity contribution in [2.45, 2.75) is 18.1 Å². The number of aliphatic hydroxyl groups is 1. The van der Waals surface area contributed by atoms with Gasteiger partial charge < -0.3 is 10.4 Å². The molecule has 0 aliphatic heterocycles. The van der Waals surface area contributed by atoms with Crippen LogP contribution in [0.1, 0.15) is 16.7 Å². The molecule has 35 heavy (non-hydrogen) atoms. The minimum Gasteiger partial charge on any atom is -0.379 e. The van der Waals surface area contributed by atoms with E-state index in [1.165, 1.54) is 11.5 Å². The van der Waals surface area contributed by atoms with E-state index < -0.39 is 5.60 Å². The Morgan fingerprint density at radius 1 is 0.600 bits per heavy atom. The summed E-state index contributed by atoms with van der Waals surface area (Å²) in [5, 5.41) is 15.9. The SMILES string of the molecule is OC(c1ccccc1)(c1ccccc1)[C@H](Cc1ccccc1)NC[C]1[CH][CH][CH][CH]1.[CH]1[CH][CH][CH][CH]1.[Fe+2]. The molecule has 3 heteroatoms. The number of nitrogens with one attached hydrogen (secondary N) is 1. The summed E-state index contributed by atoms with van der Waals surface area (Å²) in [6.07, 6.45) is 19.0. The van der Waals surface area contributed by atoms with Crippen molar-refractivity contribution in [1.29, 1.82) is 0 Å². The Bertz CT molecular complexity index is 890. The fraction of sp³-hybridized carbons (Fsp3) is 0.125. The van der Waals surface area contributed by atoms with Crippen molar-refractivity contribution in [2.24, 2.45) is 0 Å². The van der Waals surface area contributed by atoms with Crippen molar-refractivity contribution in [3.63, 3.8) is 0 Å². The van der Waals surface area contributed by atoms with E-state index in [1.807, 2.05) is 124 Å². The average molecular weight is 501 g/mol. The van der Waals surface area contributed by atoms with E-state index in [2.05, 4.69) is 30.3 Å². The molecule has 2 N–H and O–H groups in total. The third kappa shape index (κ3) is 7.79. The predicted octanol–water partition coefficient (Wildman–Crippen LogP) is 5.55. The van der Waals surface area contributed by atoms with Gasteiger partial charge in [0.25, 0.3) is 0 Å². The third-order valence-electron chi connectivity index (χ3n) is 6.05. The van der Waals surface area contributed by atoms with Crippen molar-refractivity contribution in [3.8, 4) is 0 Å². The van der Waals surface area contributed by atoms with Gasteiger partial charge in [-0.2, -0.15) is 0 Å². The fourth-order valence-corrected chi connectivity index (χ4v) is 4.26. The molecule has 0 spiro atoms. The first-order chi connectivity index (χ1) is 16.8. The van der Waals surface area contributed by atoms with Gasteiger partial charge in [0.1, 0.15) is 5.60 Å². The zero-order chi connectivity index (χ0) is 23.5. The van der Waals surface area contributed by atoms with Gasteiger partial charge in [0.15, 0.2) is 0 Å². The molecule has 0 heterocycles. The van der Waals surface area contributed by atoms with Crippen LogP contribution in [0.4, 0.5) is 0 Å². The van der Waals surface area contributed by atoms with Crippen LogP contribution < -0.4 is 5.32 Å². The second kappa shape index (κ2) is 14.6. The molecule has 0 aromatic heterocycles. The minimum atomic E-state index is -1.16. The molecule has 2 nitrogen and oxygen atoms in total. The van der Waals surface area contributed by atoms with Crippen molar-refractivity contribution in [2.75, 3.05) is 6.54 Å². The molecule has 0 saturated heterocycles. The van der Waals surface area contributed by atoms with Gasteiger partial charge in [0, 0.05) is 12.6 Å². The monoisotopic (exact) mass is 501 g/mol. The Morgan fingerprint density at radius 3 is 1.49 bits per heavy atom. The van der Waals surface area contributed by atoms with E-state index >= 15 is 0 Å². The fourth-order valence-electron chi connectivity index (χ4n) is 4.26. The van der Waals surface area contributed by atoms with Crippen LogP contribution in [0.15, 0.2) is 91.0 Å². The van der Waals surface area contributed by atoms with Gasteiger partial charge in [-0.15, -0.1) is 0 Å². The first-order valence-electron chi connectivity index (χ1n) is 11.7. The van der Waals surface area contributed by atoms with Gasteiger partial charge in [0.05, 0.1) is 0 Å². The second-order valence-corrected chi connectivity index (χ2v) is 8.38. The zero-order valence-electron chi connectivity index (χ0n) is 19.6. The molecule has 2 aliphatic carbocycles. The molecular formula is C32H31FeNO+2. The van der Waals surface area contributed by atoms with E-state index in [0.717, 1.165) is 11.1 Å². The summed E-state index contributed by atoms with van der Waals surface area (Å²) >= 11 is 0.